The Hall–Kier alpha value is -2.33. The molecule has 0 bridgehead atoms. The Morgan fingerprint density at radius 3 is 1.97 bits per heavy atom. The number of thioether (sulfide) groups is 1. The molecular weight excluding hydrogens is 404 g/mol. The van der Waals surface area contributed by atoms with Crippen molar-refractivity contribution in [3.63, 3.8) is 0 Å². The number of Topliss-reactive ketones (excluding diaryl/α,β-unsaturated/α-hetero) is 1. The van der Waals surface area contributed by atoms with Crippen molar-refractivity contribution in [1.29, 1.82) is 0 Å². The summed E-state index contributed by atoms with van der Waals surface area (Å²) < 4.78 is 0. The van der Waals surface area contributed by atoms with Crippen LogP contribution in [0.3, 0.4) is 0 Å². The van der Waals surface area contributed by atoms with Gasteiger partial charge in [0.05, 0.1) is 4.91 Å². The molecule has 2 aromatic carbocycles. The van der Waals surface area contributed by atoms with E-state index in [1.165, 1.54) is 17.8 Å². The summed E-state index contributed by atoms with van der Waals surface area (Å²) in [5, 5.41) is 10.8. The van der Waals surface area contributed by atoms with Gasteiger partial charge in [-0.25, -0.2) is 0 Å². The highest BCUT2D eigenvalue weighted by atomic mass is 32.2. The molecule has 3 nitrogen and oxygen atoms in total. The molecule has 0 fully saturated rings. The van der Waals surface area contributed by atoms with Gasteiger partial charge in [0, 0.05) is 22.8 Å². The topological polar surface area (TPSA) is 54.4 Å². The highest BCUT2D eigenvalue weighted by molar-refractivity contribution is 8.04. The summed E-state index contributed by atoms with van der Waals surface area (Å²) in [5.74, 6) is 0.763. The maximum atomic E-state index is 13.5. The molecule has 0 radical (unpaired) electrons. The summed E-state index contributed by atoms with van der Waals surface area (Å²) in [6.45, 7) is 16.6. The smallest absolute Gasteiger partial charge is 0.200 e. The number of allylic oxidation sites excluding steroid dienone is 2. The lowest BCUT2D eigenvalue weighted by Gasteiger charge is -2.34. The van der Waals surface area contributed by atoms with E-state index in [-0.39, 0.29) is 28.1 Å². The second-order valence-corrected chi connectivity index (χ2v) is 11.5. The number of carbonyl (C=O) groups excluding carboxylic acids is 2. The Bertz CT molecular complexity index is 1110. The van der Waals surface area contributed by atoms with Crippen LogP contribution in [0.5, 0.6) is 5.75 Å². The van der Waals surface area contributed by atoms with Crippen molar-refractivity contribution in [2.45, 2.75) is 66.2 Å². The number of ketones is 2. The zero-order chi connectivity index (χ0) is 23.3. The highest BCUT2D eigenvalue weighted by Crippen LogP contribution is 2.47. The van der Waals surface area contributed by atoms with E-state index in [1.807, 2.05) is 26.0 Å². The van der Waals surface area contributed by atoms with Crippen LogP contribution >= 0.6 is 11.8 Å². The third-order valence-electron chi connectivity index (χ3n) is 5.64. The fraction of sp³-hybridized carbons (Fsp3) is 0.407. The first-order valence-electron chi connectivity index (χ1n) is 10.7. The molecule has 1 aliphatic rings. The summed E-state index contributed by atoms with van der Waals surface area (Å²) in [6.07, 6.45) is 1.47. The van der Waals surface area contributed by atoms with Gasteiger partial charge in [-0.3, -0.25) is 9.59 Å². The van der Waals surface area contributed by atoms with Gasteiger partial charge >= 0.3 is 0 Å². The van der Waals surface area contributed by atoms with E-state index >= 15 is 0 Å². The first-order valence-corrected chi connectivity index (χ1v) is 11.7. The van der Waals surface area contributed by atoms with Crippen LogP contribution in [0.2, 0.25) is 0 Å². The van der Waals surface area contributed by atoms with Crippen LogP contribution in [-0.2, 0) is 10.8 Å². The Morgan fingerprint density at radius 1 is 0.839 bits per heavy atom. The number of phenolic OH excluding ortho intramolecular Hbond substituents is 1. The predicted octanol–water partition coefficient (Wildman–Crippen LogP) is 6.98. The molecule has 0 heterocycles. The van der Waals surface area contributed by atoms with E-state index in [1.54, 1.807) is 12.1 Å². The lowest BCUT2D eigenvalue weighted by Crippen LogP contribution is -2.24. The molecule has 164 valence electrons. The molecule has 4 heteroatoms. The van der Waals surface area contributed by atoms with Crippen molar-refractivity contribution in [2.24, 2.45) is 0 Å². The molecule has 1 N–H and O–H groups in total. The molecule has 0 atom stereocenters. The molecule has 0 aliphatic heterocycles. The number of fused-ring (bicyclic) bond motifs is 1. The van der Waals surface area contributed by atoms with Crippen molar-refractivity contribution in [3.8, 4) is 16.9 Å². The van der Waals surface area contributed by atoms with Crippen LogP contribution in [0.4, 0.5) is 0 Å². The molecule has 0 saturated heterocycles. The molecule has 2 aromatic rings. The second-order valence-electron chi connectivity index (χ2n) is 10.2. The number of aryl methyl sites for hydroxylation is 1. The first-order chi connectivity index (χ1) is 14.3. The fourth-order valence-corrected chi connectivity index (χ4v) is 5.22. The van der Waals surface area contributed by atoms with Gasteiger partial charge in [0.1, 0.15) is 5.75 Å². The van der Waals surface area contributed by atoms with Crippen LogP contribution in [0, 0.1) is 6.92 Å². The van der Waals surface area contributed by atoms with Crippen molar-refractivity contribution in [3.05, 3.63) is 63.1 Å². The maximum absolute atomic E-state index is 13.5. The van der Waals surface area contributed by atoms with Crippen LogP contribution in [0.15, 0.2) is 35.2 Å². The maximum Gasteiger partial charge on any atom is 0.200 e. The first kappa shape index (κ1) is 23.3. The zero-order valence-corrected chi connectivity index (χ0v) is 20.6. The normalized spacial score (nSPS) is 14.5. The lowest BCUT2D eigenvalue weighted by atomic mass is 9.70. The van der Waals surface area contributed by atoms with Gasteiger partial charge in [-0.2, -0.15) is 0 Å². The van der Waals surface area contributed by atoms with E-state index in [4.69, 9.17) is 0 Å². The number of hydrogen-bond acceptors (Lipinski definition) is 4. The van der Waals surface area contributed by atoms with Gasteiger partial charge < -0.3 is 5.11 Å². The standard InChI is InChI=1S/C27H32O3S/c1-9-31-20-14-19(29)16-11-10-15(2)21(22(16)25(20)30)17-12-13-18(28)24(27(6,7)8)23(17)26(3,4)5/h10-14,28H,9H2,1-8H3. The van der Waals surface area contributed by atoms with Gasteiger partial charge in [0.15, 0.2) is 5.78 Å². The van der Waals surface area contributed by atoms with E-state index in [0.29, 0.717) is 16.0 Å². The predicted molar refractivity (Wildman–Crippen MR) is 131 cm³/mol. The highest BCUT2D eigenvalue weighted by Gasteiger charge is 2.35. The summed E-state index contributed by atoms with van der Waals surface area (Å²) in [6, 6.07) is 7.30. The molecule has 3 rings (SSSR count). The SMILES string of the molecule is CCSC1=CC(=O)c2ccc(C)c(-c3ccc(O)c(C(C)(C)C)c3C(C)(C)C)c2C1=O. The fourth-order valence-electron chi connectivity index (χ4n) is 4.48. The average molecular weight is 437 g/mol. The Labute approximate surface area is 190 Å². The zero-order valence-electron chi connectivity index (χ0n) is 19.8. The molecular formula is C27H32O3S. The largest absolute Gasteiger partial charge is 0.508 e. The number of benzene rings is 2. The van der Waals surface area contributed by atoms with Gasteiger partial charge in [0.25, 0.3) is 0 Å². The number of aromatic hydroxyl groups is 1. The van der Waals surface area contributed by atoms with E-state index < -0.39 is 0 Å². The van der Waals surface area contributed by atoms with Gasteiger partial charge in [-0.15, -0.1) is 11.8 Å². The van der Waals surface area contributed by atoms with Crippen molar-refractivity contribution >= 4 is 23.3 Å². The van der Waals surface area contributed by atoms with Crippen LogP contribution in [0.25, 0.3) is 11.1 Å². The number of carbonyl (C=O) groups is 2. The van der Waals surface area contributed by atoms with Gasteiger partial charge in [-0.05, 0) is 51.8 Å². The molecule has 0 unspecified atom stereocenters. The molecule has 1 aliphatic carbocycles. The molecule has 0 spiro atoms. The van der Waals surface area contributed by atoms with E-state index in [2.05, 4.69) is 41.5 Å². The van der Waals surface area contributed by atoms with E-state index in [9.17, 15) is 14.7 Å². The minimum atomic E-state index is -0.297. The monoisotopic (exact) mass is 436 g/mol. The minimum absolute atomic E-state index is 0.0922. The molecule has 0 aromatic heterocycles. The Kier molecular flexibility index (Phi) is 6.01. The third-order valence-corrected chi connectivity index (χ3v) is 6.55. The van der Waals surface area contributed by atoms with Gasteiger partial charge in [0.2, 0.25) is 5.78 Å². The van der Waals surface area contributed by atoms with Crippen LogP contribution in [0.1, 0.15) is 85.9 Å². The van der Waals surface area contributed by atoms with E-state index in [0.717, 1.165) is 33.6 Å². The third kappa shape index (κ3) is 4.10. The van der Waals surface area contributed by atoms with Crippen LogP contribution < -0.4 is 0 Å². The molecule has 0 saturated carbocycles. The summed E-state index contributed by atoms with van der Waals surface area (Å²) in [5.41, 5.74) is 4.90. The summed E-state index contributed by atoms with van der Waals surface area (Å²) >= 11 is 1.41. The van der Waals surface area contributed by atoms with Crippen molar-refractivity contribution in [2.75, 3.05) is 5.75 Å². The van der Waals surface area contributed by atoms with Gasteiger partial charge in [-0.1, -0.05) is 66.7 Å². The molecule has 31 heavy (non-hydrogen) atoms. The second kappa shape index (κ2) is 7.98. The number of phenols is 1. The quantitative estimate of drug-likeness (QED) is 0.564. The summed E-state index contributed by atoms with van der Waals surface area (Å²) in [7, 11) is 0. The minimum Gasteiger partial charge on any atom is -0.508 e. The summed E-state index contributed by atoms with van der Waals surface area (Å²) in [4.78, 5) is 26.9. The Balaban J connectivity index is 2.47. The number of rotatable bonds is 3. The van der Waals surface area contributed by atoms with Crippen LogP contribution in [-0.4, -0.2) is 22.4 Å². The van der Waals surface area contributed by atoms with Crippen molar-refractivity contribution < 1.29 is 14.7 Å². The van der Waals surface area contributed by atoms with Crippen molar-refractivity contribution in [1.82, 2.24) is 0 Å². The molecule has 0 amide bonds. The average Bonchev–Trinajstić information content (AvgIpc) is 2.64. The lowest BCUT2D eigenvalue weighted by molar-refractivity contribution is 0.0991. The Morgan fingerprint density at radius 2 is 1.42 bits per heavy atom. The number of hydrogen-bond donors (Lipinski definition) is 1.